The van der Waals surface area contributed by atoms with E-state index in [9.17, 15) is 0 Å². The standard InChI is InChI=1S/C13H21N3S/c1-2-4-11-12(5-3-1)15-16-13(11)8-14-10-6-7-17-9-10/h10,14H,1-9H2,(H,15,16)/t10-/m1/s1. The molecule has 3 rings (SSSR count). The van der Waals surface area contributed by atoms with Crippen molar-refractivity contribution >= 4 is 11.8 Å². The molecular weight excluding hydrogens is 230 g/mol. The van der Waals surface area contributed by atoms with E-state index in [0.717, 1.165) is 6.54 Å². The zero-order valence-corrected chi connectivity index (χ0v) is 11.1. The van der Waals surface area contributed by atoms with Crippen molar-refractivity contribution in [2.75, 3.05) is 11.5 Å². The zero-order valence-electron chi connectivity index (χ0n) is 10.3. The van der Waals surface area contributed by atoms with E-state index in [-0.39, 0.29) is 0 Å². The highest BCUT2D eigenvalue weighted by atomic mass is 32.2. The highest BCUT2D eigenvalue weighted by molar-refractivity contribution is 7.99. The molecule has 1 saturated heterocycles. The third kappa shape index (κ3) is 2.68. The molecule has 1 aromatic rings. The second-order valence-electron chi connectivity index (χ2n) is 5.13. The van der Waals surface area contributed by atoms with Gasteiger partial charge in [-0.3, -0.25) is 5.10 Å². The second-order valence-corrected chi connectivity index (χ2v) is 6.28. The molecule has 0 aromatic carbocycles. The van der Waals surface area contributed by atoms with Crippen molar-refractivity contribution in [1.29, 1.82) is 0 Å². The van der Waals surface area contributed by atoms with E-state index in [4.69, 9.17) is 0 Å². The van der Waals surface area contributed by atoms with Gasteiger partial charge in [-0.15, -0.1) is 0 Å². The Morgan fingerprint density at radius 3 is 3.12 bits per heavy atom. The highest BCUT2D eigenvalue weighted by Crippen LogP contribution is 2.22. The maximum Gasteiger partial charge on any atom is 0.0794 e. The lowest BCUT2D eigenvalue weighted by atomic mass is 10.1. The van der Waals surface area contributed by atoms with E-state index in [1.54, 1.807) is 0 Å². The summed E-state index contributed by atoms with van der Waals surface area (Å²) in [4.78, 5) is 0. The minimum absolute atomic E-state index is 0.707. The molecule has 1 aliphatic carbocycles. The molecule has 1 aliphatic heterocycles. The third-order valence-electron chi connectivity index (χ3n) is 3.88. The van der Waals surface area contributed by atoms with Gasteiger partial charge in [0.1, 0.15) is 0 Å². The number of thioether (sulfide) groups is 1. The Morgan fingerprint density at radius 2 is 2.24 bits per heavy atom. The van der Waals surface area contributed by atoms with Gasteiger partial charge in [-0.1, -0.05) is 6.42 Å². The number of aryl methyl sites for hydroxylation is 1. The van der Waals surface area contributed by atoms with Crippen LogP contribution in [0.5, 0.6) is 0 Å². The SMILES string of the molecule is C1CCc2[nH]nc(CN[C@@H]3CCSC3)c2CC1. The van der Waals surface area contributed by atoms with Crippen LogP contribution in [0.3, 0.4) is 0 Å². The average Bonchev–Trinajstić information content (AvgIpc) is 2.92. The number of fused-ring (bicyclic) bond motifs is 1. The number of rotatable bonds is 3. The second kappa shape index (κ2) is 5.44. The molecule has 0 bridgehead atoms. The van der Waals surface area contributed by atoms with Gasteiger partial charge in [0.15, 0.2) is 0 Å². The van der Waals surface area contributed by atoms with Crippen LogP contribution in [0.2, 0.25) is 0 Å². The van der Waals surface area contributed by atoms with Gasteiger partial charge in [0, 0.05) is 24.0 Å². The highest BCUT2D eigenvalue weighted by Gasteiger charge is 2.18. The number of aromatic nitrogens is 2. The molecule has 94 valence electrons. The smallest absolute Gasteiger partial charge is 0.0794 e. The molecule has 1 fully saturated rings. The van der Waals surface area contributed by atoms with Crippen molar-refractivity contribution in [3.05, 3.63) is 17.0 Å². The largest absolute Gasteiger partial charge is 0.307 e. The molecule has 17 heavy (non-hydrogen) atoms. The molecule has 0 saturated carbocycles. The first-order valence-electron chi connectivity index (χ1n) is 6.79. The van der Waals surface area contributed by atoms with Crippen LogP contribution in [0.15, 0.2) is 0 Å². The first-order valence-corrected chi connectivity index (χ1v) is 7.95. The van der Waals surface area contributed by atoms with Gasteiger partial charge in [-0.05, 0) is 43.4 Å². The Balaban J connectivity index is 1.64. The minimum atomic E-state index is 0.707. The molecular formula is C13H21N3S. The van der Waals surface area contributed by atoms with E-state index in [1.165, 1.54) is 67.0 Å². The van der Waals surface area contributed by atoms with Crippen molar-refractivity contribution in [3.8, 4) is 0 Å². The van der Waals surface area contributed by atoms with Crippen LogP contribution in [-0.2, 0) is 19.4 Å². The van der Waals surface area contributed by atoms with Crippen LogP contribution in [0, 0.1) is 0 Å². The lowest BCUT2D eigenvalue weighted by Crippen LogP contribution is -2.28. The fraction of sp³-hybridized carbons (Fsp3) is 0.769. The quantitative estimate of drug-likeness (QED) is 0.810. The van der Waals surface area contributed by atoms with Gasteiger partial charge < -0.3 is 5.32 Å². The molecule has 0 unspecified atom stereocenters. The summed E-state index contributed by atoms with van der Waals surface area (Å²) in [7, 11) is 0. The summed E-state index contributed by atoms with van der Waals surface area (Å²) in [5, 5.41) is 11.4. The normalized spacial score (nSPS) is 24.6. The van der Waals surface area contributed by atoms with E-state index in [2.05, 4.69) is 27.3 Å². The van der Waals surface area contributed by atoms with Gasteiger partial charge in [0.25, 0.3) is 0 Å². The van der Waals surface area contributed by atoms with Gasteiger partial charge >= 0.3 is 0 Å². The van der Waals surface area contributed by atoms with Crippen molar-refractivity contribution in [3.63, 3.8) is 0 Å². The van der Waals surface area contributed by atoms with Gasteiger partial charge in [0.05, 0.1) is 5.69 Å². The molecule has 2 N–H and O–H groups in total. The topological polar surface area (TPSA) is 40.7 Å². The lowest BCUT2D eigenvalue weighted by Gasteiger charge is -2.10. The molecule has 0 amide bonds. The molecule has 0 radical (unpaired) electrons. The van der Waals surface area contributed by atoms with Crippen LogP contribution < -0.4 is 5.32 Å². The number of hydrogen-bond donors (Lipinski definition) is 2. The molecule has 0 spiro atoms. The van der Waals surface area contributed by atoms with Gasteiger partial charge in [-0.2, -0.15) is 16.9 Å². The van der Waals surface area contributed by atoms with Crippen molar-refractivity contribution in [2.45, 2.75) is 51.1 Å². The number of H-pyrrole nitrogens is 1. The molecule has 3 nitrogen and oxygen atoms in total. The summed E-state index contributed by atoms with van der Waals surface area (Å²) < 4.78 is 0. The fourth-order valence-corrected chi connectivity index (χ4v) is 4.00. The van der Waals surface area contributed by atoms with Crippen LogP contribution in [0.25, 0.3) is 0 Å². The van der Waals surface area contributed by atoms with Crippen molar-refractivity contribution in [1.82, 2.24) is 15.5 Å². The van der Waals surface area contributed by atoms with E-state index in [0.29, 0.717) is 6.04 Å². The third-order valence-corrected chi connectivity index (χ3v) is 5.04. The van der Waals surface area contributed by atoms with E-state index >= 15 is 0 Å². The van der Waals surface area contributed by atoms with Crippen molar-refractivity contribution < 1.29 is 0 Å². The van der Waals surface area contributed by atoms with E-state index in [1.807, 2.05) is 0 Å². The predicted molar refractivity (Wildman–Crippen MR) is 72.4 cm³/mol. The van der Waals surface area contributed by atoms with Crippen LogP contribution in [-0.4, -0.2) is 27.7 Å². The van der Waals surface area contributed by atoms with Gasteiger partial charge in [0.2, 0.25) is 0 Å². The van der Waals surface area contributed by atoms with Crippen molar-refractivity contribution in [2.24, 2.45) is 0 Å². The first-order chi connectivity index (χ1) is 8.43. The Hall–Kier alpha value is -0.480. The first kappa shape index (κ1) is 11.6. The van der Waals surface area contributed by atoms with Crippen LogP contribution in [0.4, 0.5) is 0 Å². The van der Waals surface area contributed by atoms with Crippen LogP contribution in [0.1, 0.15) is 42.6 Å². The maximum absolute atomic E-state index is 4.51. The minimum Gasteiger partial charge on any atom is -0.307 e. The number of aromatic amines is 1. The van der Waals surface area contributed by atoms with Crippen LogP contribution >= 0.6 is 11.8 Å². The molecule has 1 aromatic heterocycles. The van der Waals surface area contributed by atoms with Gasteiger partial charge in [-0.25, -0.2) is 0 Å². The Morgan fingerprint density at radius 1 is 1.29 bits per heavy atom. The summed E-state index contributed by atoms with van der Waals surface area (Å²) in [5.74, 6) is 2.59. The predicted octanol–water partition coefficient (Wildman–Crippen LogP) is 2.27. The summed E-state index contributed by atoms with van der Waals surface area (Å²) in [5.41, 5.74) is 4.19. The average molecular weight is 251 g/mol. The Labute approximate surface area is 107 Å². The lowest BCUT2D eigenvalue weighted by molar-refractivity contribution is 0.548. The number of nitrogens with zero attached hydrogens (tertiary/aromatic N) is 1. The Kier molecular flexibility index (Phi) is 3.71. The number of nitrogens with one attached hydrogen (secondary N) is 2. The molecule has 2 heterocycles. The Bertz CT molecular complexity index is 369. The molecule has 4 heteroatoms. The van der Waals surface area contributed by atoms with E-state index < -0.39 is 0 Å². The number of hydrogen-bond acceptors (Lipinski definition) is 3. The molecule has 2 aliphatic rings. The summed E-state index contributed by atoms with van der Waals surface area (Å²) in [6.07, 6.45) is 7.76. The summed E-state index contributed by atoms with van der Waals surface area (Å²) >= 11 is 2.06. The molecule has 1 atom stereocenters. The fourth-order valence-electron chi connectivity index (χ4n) is 2.81. The summed E-state index contributed by atoms with van der Waals surface area (Å²) in [6.45, 7) is 0.955. The monoisotopic (exact) mass is 251 g/mol. The summed E-state index contributed by atoms with van der Waals surface area (Å²) in [6, 6.07) is 0.707. The maximum atomic E-state index is 4.51. The zero-order chi connectivity index (χ0) is 11.5.